The number of benzene rings is 2. The predicted octanol–water partition coefficient (Wildman–Crippen LogP) is 3.11. The smallest absolute Gasteiger partial charge is 0.147 e. The van der Waals surface area contributed by atoms with E-state index in [9.17, 15) is 0 Å². The Bertz CT molecular complexity index is 750. The second kappa shape index (κ2) is 4.46. The van der Waals surface area contributed by atoms with Gasteiger partial charge in [-0.3, -0.25) is 0 Å². The highest BCUT2D eigenvalue weighted by Gasteiger charge is 2.13. The number of aromatic amines is 1. The van der Waals surface area contributed by atoms with Crippen LogP contribution in [0.3, 0.4) is 0 Å². The van der Waals surface area contributed by atoms with Gasteiger partial charge in [-0.15, -0.1) is 0 Å². The van der Waals surface area contributed by atoms with Crippen molar-refractivity contribution in [2.75, 3.05) is 7.11 Å². The summed E-state index contributed by atoms with van der Waals surface area (Å²) in [4.78, 5) is 7.76. The monoisotopic (exact) mass is 249 g/mol. The van der Waals surface area contributed by atoms with E-state index in [1.807, 2.05) is 36.4 Å². The number of nitrogens with one attached hydrogen (secondary N) is 1. The van der Waals surface area contributed by atoms with Gasteiger partial charge >= 0.3 is 0 Å². The Kier molecular flexibility index (Phi) is 2.66. The number of nitriles is 1. The Hall–Kier alpha value is -2.80. The Morgan fingerprint density at radius 3 is 2.74 bits per heavy atom. The zero-order valence-electron chi connectivity index (χ0n) is 10.3. The first-order valence-corrected chi connectivity index (χ1v) is 5.85. The molecule has 0 unspecified atom stereocenters. The molecule has 0 aliphatic heterocycles. The van der Waals surface area contributed by atoms with Gasteiger partial charge in [0.2, 0.25) is 0 Å². The third kappa shape index (κ3) is 1.81. The minimum atomic E-state index is 0.500. The van der Waals surface area contributed by atoms with Crippen molar-refractivity contribution in [3.05, 3.63) is 48.0 Å². The van der Waals surface area contributed by atoms with Crippen LogP contribution in [0.1, 0.15) is 5.56 Å². The van der Waals surface area contributed by atoms with Crippen molar-refractivity contribution in [1.82, 2.24) is 9.97 Å². The highest BCUT2D eigenvalue weighted by Crippen LogP contribution is 2.32. The molecule has 0 spiro atoms. The standard InChI is InChI=1S/C15H11N3O/c1-19-14-10(9-16)5-4-6-11(14)15-17-12-7-2-3-8-13(12)18-15/h2-8H,1H3,(H,17,18). The van der Waals surface area contributed by atoms with Gasteiger partial charge in [0.1, 0.15) is 17.6 Å². The minimum Gasteiger partial charge on any atom is -0.495 e. The second-order valence-corrected chi connectivity index (χ2v) is 4.10. The van der Waals surface area contributed by atoms with E-state index in [4.69, 9.17) is 10.00 Å². The molecule has 0 fully saturated rings. The summed E-state index contributed by atoms with van der Waals surface area (Å²) in [6.07, 6.45) is 0. The lowest BCUT2D eigenvalue weighted by atomic mass is 10.1. The summed E-state index contributed by atoms with van der Waals surface area (Å²) in [6, 6.07) is 15.4. The number of nitrogens with zero attached hydrogens (tertiary/aromatic N) is 2. The van der Waals surface area contributed by atoms with Gasteiger partial charge in [0, 0.05) is 0 Å². The zero-order valence-corrected chi connectivity index (χ0v) is 10.3. The zero-order chi connectivity index (χ0) is 13.2. The maximum atomic E-state index is 9.10. The van der Waals surface area contributed by atoms with Crippen molar-refractivity contribution in [2.45, 2.75) is 0 Å². The van der Waals surface area contributed by atoms with E-state index in [2.05, 4.69) is 16.0 Å². The van der Waals surface area contributed by atoms with Gasteiger partial charge in [-0.2, -0.15) is 5.26 Å². The van der Waals surface area contributed by atoms with Gasteiger partial charge in [-0.25, -0.2) is 4.98 Å². The highest BCUT2D eigenvalue weighted by atomic mass is 16.5. The van der Waals surface area contributed by atoms with E-state index in [-0.39, 0.29) is 0 Å². The number of fused-ring (bicyclic) bond motifs is 1. The summed E-state index contributed by atoms with van der Waals surface area (Å²) in [5, 5.41) is 9.10. The third-order valence-electron chi connectivity index (χ3n) is 2.98. The van der Waals surface area contributed by atoms with Crippen LogP contribution in [-0.4, -0.2) is 17.1 Å². The molecular weight excluding hydrogens is 238 g/mol. The number of rotatable bonds is 2. The molecular formula is C15H11N3O. The fourth-order valence-electron chi connectivity index (χ4n) is 2.11. The molecule has 0 saturated heterocycles. The fraction of sp³-hybridized carbons (Fsp3) is 0.0667. The molecule has 4 nitrogen and oxygen atoms in total. The van der Waals surface area contributed by atoms with Gasteiger partial charge in [-0.05, 0) is 24.3 Å². The molecule has 3 rings (SSSR count). The summed E-state index contributed by atoms with van der Waals surface area (Å²) in [5.41, 5.74) is 3.14. The molecule has 0 radical (unpaired) electrons. The Morgan fingerprint density at radius 1 is 1.16 bits per heavy atom. The Labute approximate surface area is 110 Å². The maximum absolute atomic E-state index is 9.10. The minimum absolute atomic E-state index is 0.500. The number of imidazole rings is 1. The van der Waals surface area contributed by atoms with Crippen molar-refractivity contribution < 1.29 is 4.74 Å². The summed E-state index contributed by atoms with van der Waals surface area (Å²) in [6.45, 7) is 0. The Balaban J connectivity index is 2.24. The molecule has 0 atom stereocenters. The normalized spacial score (nSPS) is 10.3. The molecule has 4 heteroatoms. The summed E-state index contributed by atoms with van der Waals surface area (Å²) >= 11 is 0. The van der Waals surface area contributed by atoms with E-state index < -0.39 is 0 Å². The molecule has 0 aliphatic rings. The number of H-pyrrole nitrogens is 1. The molecule has 3 aromatic rings. The predicted molar refractivity (Wildman–Crippen MR) is 72.8 cm³/mol. The third-order valence-corrected chi connectivity index (χ3v) is 2.98. The van der Waals surface area contributed by atoms with Crippen molar-refractivity contribution >= 4 is 11.0 Å². The first-order valence-electron chi connectivity index (χ1n) is 5.85. The van der Waals surface area contributed by atoms with Gasteiger partial charge in [-0.1, -0.05) is 18.2 Å². The van der Waals surface area contributed by atoms with Crippen molar-refractivity contribution in [3.63, 3.8) is 0 Å². The van der Waals surface area contributed by atoms with Crippen LogP contribution in [0.25, 0.3) is 22.4 Å². The van der Waals surface area contributed by atoms with Crippen LogP contribution in [-0.2, 0) is 0 Å². The lowest BCUT2D eigenvalue weighted by Gasteiger charge is -2.07. The summed E-state index contributed by atoms with van der Waals surface area (Å²) < 4.78 is 5.34. The number of methoxy groups -OCH3 is 1. The summed E-state index contributed by atoms with van der Waals surface area (Å²) in [7, 11) is 1.56. The van der Waals surface area contributed by atoms with E-state index in [0.717, 1.165) is 16.6 Å². The van der Waals surface area contributed by atoms with Crippen LogP contribution in [0, 0.1) is 11.3 Å². The van der Waals surface area contributed by atoms with Crippen LogP contribution in [0.15, 0.2) is 42.5 Å². The van der Waals surface area contributed by atoms with E-state index >= 15 is 0 Å². The first kappa shape index (κ1) is 11.3. The molecule has 1 heterocycles. The van der Waals surface area contributed by atoms with Crippen LogP contribution in [0.2, 0.25) is 0 Å². The molecule has 0 amide bonds. The van der Waals surface area contributed by atoms with E-state index in [0.29, 0.717) is 17.1 Å². The average molecular weight is 249 g/mol. The molecule has 19 heavy (non-hydrogen) atoms. The van der Waals surface area contributed by atoms with Gasteiger partial charge < -0.3 is 9.72 Å². The molecule has 1 N–H and O–H groups in total. The largest absolute Gasteiger partial charge is 0.495 e. The van der Waals surface area contributed by atoms with Gasteiger partial charge in [0.15, 0.2) is 0 Å². The van der Waals surface area contributed by atoms with Crippen LogP contribution >= 0.6 is 0 Å². The fourth-order valence-corrected chi connectivity index (χ4v) is 2.11. The SMILES string of the molecule is COc1c(C#N)cccc1-c1nc2ccccc2[nH]1. The molecule has 0 aliphatic carbocycles. The van der Waals surface area contributed by atoms with Gasteiger partial charge in [0.05, 0.1) is 29.3 Å². The van der Waals surface area contributed by atoms with E-state index in [1.54, 1.807) is 13.2 Å². The lowest BCUT2D eigenvalue weighted by molar-refractivity contribution is 0.415. The van der Waals surface area contributed by atoms with Crippen LogP contribution in [0.5, 0.6) is 5.75 Å². The highest BCUT2D eigenvalue weighted by molar-refractivity contribution is 5.81. The number of aromatic nitrogens is 2. The van der Waals surface area contributed by atoms with Crippen molar-refractivity contribution in [1.29, 1.82) is 5.26 Å². The number of ether oxygens (including phenoxy) is 1. The average Bonchev–Trinajstić information content (AvgIpc) is 2.89. The van der Waals surface area contributed by atoms with Crippen LogP contribution < -0.4 is 4.74 Å². The molecule has 2 aromatic carbocycles. The number of para-hydroxylation sites is 3. The molecule has 92 valence electrons. The maximum Gasteiger partial charge on any atom is 0.147 e. The second-order valence-electron chi connectivity index (χ2n) is 4.10. The van der Waals surface area contributed by atoms with E-state index in [1.165, 1.54) is 0 Å². The Morgan fingerprint density at radius 2 is 2.00 bits per heavy atom. The van der Waals surface area contributed by atoms with Gasteiger partial charge in [0.25, 0.3) is 0 Å². The molecule has 1 aromatic heterocycles. The number of hydrogen-bond acceptors (Lipinski definition) is 3. The molecule has 0 saturated carbocycles. The quantitative estimate of drug-likeness (QED) is 0.759. The number of hydrogen-bond donors (Lipinski definition) is 1. The summed E-state index contributed by atoms with van der Waals surface area (Å²) in [5.74, 6) is 1.25. The van der Waals surface area contributed by atoms with Crippen LogP contribution in [0.4, 0.5) is 0 Å². The lowest BCUT2D eigenvalue weighted by Crippen LogP contribution is -1.92. The van der Waals surface area contributed by atoms with Crippen molar-refractivity contribution in [2.24, 2.45) is 0 Å². The van der Waals surface area contributed by atoms with Crippen molar-refractivity contribution in [3.8, 4) is 23.2 Å². The molecule has 0 bridgehead atoms. The first-order chi connectivity index (χ1) is 9.33. The topological polar surface area (TPSA) is 61.7 Å².